The molecule has 1 N–H and O–H groups in total. The van der Waals surface area contributed by atoms with Crippen LogP contribution in [0.1, 0.15) is 49.3 Å². The van der Waals surface area contributed by atoms with Gasteiger partial charge in [-0.25, -0.2) is 0 Å². The summed E-state index contributed by atoms with van der Waals surface area (Å²) < 4.78 is 0. The van der Waals surface area contributed by atoms with Crippen LogP contribution in [0.25, 0.3) is 0 Å². The molecule has 1 amide bonds. The average molecular weight is 432 g/mol. The first-order chi connectivity index (χ1) is 14.0. The van der Waals surface area contributed by atoms with E-state index >= 15 is 0 Å². The normalized spacial score (nSPS) is 23.1. The molecular weight excluding hydrogens is 405 g/mol. The second-order valence-corrected chi connectivity index (χ2v) is 8.48. The van der Waals surface area contributed by atoms with Gasteiger partial charge in [0.15, 0.2) is 0 Å². The van der Waals surface area contributed by atoms with Gasteiger partial charge in [0.2, 0.25) is 5.91 Å². The maximum Gasteiger partial charge on any atom is 0.226 e. The van der Waals surface area contributed by atoms with Gasteiger partial charge in [0.05, 0.1) is 18.7 Å². The van der Waals surface area contributed by atoms with Gasteiger partial charge in [-0.05, 0) is 54.7 Å². The number of nitrogens with zero attached hydrogens (tertiary/aromatic N) is 1. The molecule has 2 aromatic rings. The Morgan fingerprint density at radius 1 is 1.17 bits per heavy atom. The Kier molecular flexibility index (Phi) is 7.39. The van der Waals surface area contributed by atoms with Crippen molar-refractivity contribution in [1.29, 1.82) is 0 Å². The minimum absolute atomic E-state index is 0.0538. The number of benzene rings is 2. The second-order valence-electron chi connectivity index (χ2n) is 7.61. The third-order valence-electron chi connectivity index (χ3n) is 5.84. The number of rotatable bonds is 7. The number of carbonyl (C=O) groups excluding carboxylic acids is 1. The van der Waals surface area contributed by atoms with Gasteiger partial charge in [-0.3, -0.25) is 4.79 Å². The van der Waals surface area contributed by atoms with E-state index in [1.165, 1.54) is 0 Å². The zero-order chi connectivity index (χ0) is 21.0. The van der Waals surface area contributed by atoms with E-state index in [-0.39, 0.29) is 36.4 Å². The fraction of sp³-hybridized carbons (Fsp3) is 0.375. The van der Waals surface area contributed by atoms with Gasteiger partial charge in [-0.15, -0.1) is 6.58 Å². The van der Waals surface area contributed by atoms with Crippen molar-refractivity contribution in [1.82, 2.24) is 4.90 Å². The molecular formula is C24H27Cl2NO2. The number of aliphatic hydroxyl groups is 1. The van der Waals surface area contributed by atoms with Crippen LogP contribution < -0.4 is 0 Å². The van der Waals surface area contributed by atoms with Crippen molar-refractivity contribution < 1.29 is 9.90 Å². The van der Waals surface area contributed by atoms with Crippen molar-refractivity contribution in [3.05, 3.63) is 82.4 Å². The van der Waals surface area contributed by atoms with E-state index in [1.54, 1.807) is 6.08 Å². The van der Waals surface area contributed by atoms with Crippen molar-refractivity contribution in [2.75, 3.05) is 6.61 Å². The lowest BCUT2D eigenvalue weighted by Gasteiger charge is -2.48. The van der Waals surface area contributed by atoms with Crippen molar-refractivity contribution >= 4 is 29.1 Å². The molecule has 0 saturated carbocycles. The van der Waals surface area contributed by atoms with Gasteiger partial charge < -0.3 is 10.0 Å². The minimum Gasteiger partial charge on any atom is -0.394 e. The van der Waals surface area contributed by atoms with E-state index in [9.17, 15) is 9.90 Å². The highest BCUT2D eigenvalue weighted by Crippen LogP contribution is 2.47. The van der Waals surface area contributed by atoms with Crippen LogP contribution in [0, 0.1) is 5.92 Å². The Morgan fingerprint density at radius 3 is 2.48 bits per heavy atom. The Bertz CT molecular complexity index is 848. The van der Waals surface area contributed by atoms with Crippen LogP contribution in [0.4, 0.5) is 0 Å². The summed E-state index contributed by atoms with van der Waals surface area (Å²) in [6.07, 6.45) is 3.80. The van der Waals surface area contributed by atoms with Crippen LogP contribution in [0.3, 0.4) is 0 Å². The number of allylic oxidation sites excluding steroid dienone is 1. The number of likely N-dealkylation sites (tertiary alicyclic amines) is 1. The van der Waals surface area contributed by atoms with Gasteiger partial charge in [0.1, 0.15) is 0 Å². The Morgan fingerprint density at radius 2 is 1.90 bits per heavy atom. The van der Waals surface area contributed by atoms with Gasteiger partial charge >= 0.3 is 0 Å². The highest BCUT2D eigenvalue weighted by Gasteiger charge is 2.44. The van der Waals surface area contributed by atoms with E-state index in [0.29, 0.717) is 29.3 Å². The molecule has 1 unspecified atom stereocenters. The van der Waals surface area contributed by atoms with Crippen LogP contribution in [-0.4, -0.2) is 28.6 Å². The van der Waals surface area contributed by atoms with Crippen LogP contribution in [0.5, 0.6) is 0 Å². The molecule has 0 aliphatic carbocycles. The van der Waals surface area contributed by atoms with Gasteiger partial charge in [0, 0.05) is 21.9 Å². The summed E-state index contributed by atoms with van der Waals surface area (Å²) in [5.74, 6) is -0.0391. The van der Waals surface area contributed by atoms with Crippen molar-refractivity contribution in [3.8, 4) is 0 Å². The van der Waals surface area contributed by atoms with E-state index in [0.717, 1.165) is 11.1 Å². The lowest BCUT2D eigenvalue weighted by molar-refractivity contribution is -0.148. The predicted octanol–water partition coefficient (Wildman–Crippen LogP) is 6.01. The first-order valence-corrected chi connectivity index (χ1v) is 10.8. The maximum atomic E-state index is 13.5. The summed E-state index contributed by atoms with van der Waals surface area (Å²) in [6, 6.07) is 15.1. The summed E-state index contributed by atoms with van der Waals surface area (Å²) >= 11 is 12.4. The summed E-state index contributed by atoms with van der Waals surface area (Å²) in [6.45, 7) is 5.77. The molecule has 154 valence electrons. The fourth-order valence-corrected chi connectivity index (χ4v) is 4.73. The number of aliphatic hydroxyl groups excluding tert-OH is 1. The monoisotopic (exact) mass is 431 g/mol. The molecule has 29 heavy (non-hydrogen) atoms. The Balaban J connectivity index is 2.16. The summed E-state index contributed by atoms with van der Waals surface area (Å²) in [5.41, 5.74) is 2.11. The number of hydrogen-bond donors (Lipinski definition) is 1. The smallest absolute Gasteiger partial charge is 0.226 e. The molecule has 3 rings (SSSR count). The molecule has 1 aliphatic rings. The topological polar surface area (TPSA) is 40.5 Å². The molecule has 0 radical (unpaired) electrons. The van der Waals surface area contributed by atoms with Gasteiger partial charge in [0.25, 0.3) is 0 Å². The van der Waals surface area contributed by atoms with E-state index in [4.69, 9.17) is 23.2 Å². The van der Waals surface area contributed by atoms with E-state index in [2.05, 4.69) is 12.6 Å². The first-order valence-electron chi connectivity index (χ1n) is 10.0. The number of piperidine rings is 1. The van der Waals surface area contributed by atoms with Crippen molar-refractivity contribution in [2.45, 2.75) is 44.2 Å². The molecule has 0 bridgehead atoms. The van der Waals surface area contributed by atoms with Gasteiger partial charge in [-0.1, -0.05) is 60.5 Å². The van der Waals surface area contributed by atoms with E-state index in [1.807, 2.05) is 54.3 Å². The van der Waals surface area contributed by atoms with Gasteiger partial charge in [-0.2, -0.15) is 0 Å². The van der Waals surface area contributed by atoms with Crippen LogP contribution in [0.2, 0.25) is 10.0 Å². The quantitative estimate of drug-likeness (QED) is 0.544. The predicted molar refractivity (Wildman–Crippen MR) is 119 cm³/mol. The molecule has 1 aliphatic heterocycles. The largest absolute Gasteiger partial charge is 0.394 e. The molecule has 3 nitrogen and oxygen atoms in total. The molecule has 0 spiro atoms. The summed E-state index contributed by atoms with van der Waals surface area (Å²) in [4.78, 5) is 15.4. The Hall–Kier alpha value is -1.81. The molecule has 2 aromatic carbocycles. The van der Waals surface area contributed by atoms with Crippen molar-refractivity contribution in [3.63, 3.8) is 0 Å². The number of carbonyl (C=O) groups is 1. The minimum atomic E-state index is -0.252. The van der Waals surface area contributed by atoms with Crippen LogP contribution in [-0.2, 0) is 4.79 Å². The molecule has 5 heteroatoms. The lowest BCUT2D eigenvalue weighted by Crippen LogP contribution is -2.52. The number of hydrogen-bond acceptors (Lipinski definition) is 2. The third kappa shape index (κ3) is 4.69. The molecule has 1 heterocycles. The number of halogens is 2. The zero-order valence-corrected chi connectivity index (χ0v) is 18.1. The summed E-state index contributed by atoms with van der Waals surface area (Å²) in [7, 11) is 0. The zero-order valence-electron chi connectivity index (χ0n) is 16.6. The van der Waals surface area contributed by atoms with E-state index < -0.39 is 0 Å². The summed E-state index contributed by atoms with van der Waals surface area (Å²) in [5, 5.41) is 11.4. The Labute approximate surface area is 182 Å². The maximum absolute atomic E-state index is 13.5. The third-order valence-corrected chi connectivity index (χ3v) is 6.32. The molecule has 1 saturated heterocycles. The number of amides is 1. The average Bonchev–Trinajstić information content (AvgIpc) is 2.72. The molecule has 0 aromatic heterocycles. The second kappa shape index (κ2) is 9.80. The standard InChI is InChI=1S/C24H27Cl2NO2/c1-3-6-18-14-22(17-7-5-8-20(26)13-17)23(16-9-11-19(25)12-10-16)27(24(18)29)21(4-2)15-28/h3,5,7-13,18,21-23,28H,1,4,6,14-15H2,2H3/t18-,21?,22+,23+/m0/s1. The molecule has 4 atom stereocenters. The van der Waals surface area contributed by atoms with Crippen molar-refractivity contribution in [2.24, 2.45) is 5.92 Å². The van der Waals surface area contributed by atoms with Crippen LogP contribution >= 0.6 is 23.2 Å². The fourth-order valence-electron chi connectivity index (χ4n) is 4.41. The highest BCUT2D eigenvalue weighted by atomic mass is 35.5. The highest BCUT2D eigenvalue weighted by molar-refractivity contribution is 6.30. The molecule has 1 fully saturated rings. The SMILES string of the molecule is C=CC[C@H]1C[C@H](c2cccc(Cl)c2)[C@@H](c2ccc(Cl)cc2)N(C(CC)CO)C1=O. The van der Waals surface area contributed by atoms with Crippen LogP contribution in [0.15, 0.2) is 61.2 Å². The first kappa shape index (κ1) is 21.9. The lowest BCUT2D eigenvalue weighted by atomic mass is 9.74.